The van der Waals surface area contributed by atoms with Gasteiger partial charge in [0.25, 0.3) is 0 Å². The summed E-state index contributed by atoms with van der Waals surface area (Å²) in [6.45, 7) is 9.31. The molecule has 5 heteroatoms. The third kappa shape index (κ3) is 6.82. The average Bonchev–Trinajstić information content (AvgIpc) is 2.76. The van der Waals surface area contributed by atoms with Crippen LogP contribution >= 0.6 is 7.60 Å². The smallest absolute Gasteiger partial charge is 0.331 e. The Kier molecular flexibility index (Phi) is 8.31. The van der Waals surface area contributed by atoms with Crippen molar-refractivity contribution in [3.63, 3.8) is 0 Å². The minimum absolute atomic E-state index is 0.457. The summed E-state index contributed by atoms with van der Waals surface area (Å²) in [5, 5.41) is 0. The Hall–Kier alpha value is -0.570. The van der Waals surface area contributed by atoms with Crippen LogP contribution in [0.2, 0.25) is 0 Å². The van der Waals surface area contributed by atoms with Crippen LogP contribution in [-0.2, 0) is 20.0 Å². The summed E-state index contributed by atoms with van der Waals surface area (Å²) in [5.41, 5.74) is 3.48. The van der Waals surface area contributed by atoms with Gasteiger partial charge in [0.15, 0.2) is 0 Å². The van der Waals surface area contributed by atoms with Gasteiger partial charge in [0.05, 0.1) is 19.4 Å². The molecule has 122 valence electrons. The standard InChI is InChI=1S/C16H30NO3P/c1-5-7-10-19-21(18,20-11-8-6-2)12-9-16-13-14(3)17-15(16)4/h13,17H,5-12H2,1-4H3. The molecule has 1 aromatic rings. The van der Waals surface area contributed by atoms with Crippen LogP contribution in [-0.4, -0.2) is 24.4 Å². The number of H-pyrrole nitrogens is 1. The van der Waals surface area contributed by atoms with Crippen LogP contribution in [0.25, 0.3) is 0 Å². The number of hydrogen-bond donors (Lipinski definition) is 1. The van der Waals surface area contributed by atoms with Crippen LogP contribution in [0.4, 0.5) is 0 Å². The first kappa shape index (κ1) is 18.5. The van der Waals surface area contributed by atoms with Gasteiger partial charge in [0, 0.05) is 11.4 Å². The van der Waals surface area contributed by atoms with E-state index in [-0.39, 0.29) is 0 Å². The van der Waals surface area contributed by atoms with Gasteiger partial charge in [-0.15, -0.1) is 0 Å². The van der Waals surface area contributed by atoms with E-state index in [2.05, 4.69) is 24.9 Å². The highest BCUT2D eigenvalue weighted by Gasteiger charge is 2.24. The zero-order chi connectivity index (χ0) is 15.7. The van der Waals surface area contributed by atoms with E-state index in [4.69, 9.17) is 9.05 Å². The first-order chi connectivity index (χ1) is 10.0. The van der Waals surface area contributed by atoms with Crippen molar-refractivity contribution in [2.45, 2.75) is 59.8 Å². The molecule has 0 atom stereocenters. The van der Waals surface area contributed by atoms with Gasteiger partial charge in [-0.3, -0.25) is 4.57 Å². The molecule has 1 N–H and O–H groups in total. The molecule has 0 spiro atoms. The van der Waals surface area contributed by atoms with E-state index in [1.807, 2.05) is 13.8 Å². The highest BCUT2D eigenvalue weighted by Crippen LogP contribution is 2.49. The molecule has 1 heterocycles. The first-order valence-electron chi connectivity index (χ1n) is 8.04. The lowest BCUT2D eigenvalue weighted by Gasteiger charge is -2.18. The summed E-state index contributed by atoms with van der Waals surface area (Å²) < 4.78 is 24.0. The Morgan fingerprint density at radius 1 is 1.10 bits per heavy atom. The minimum Gasteiger partial charge on any atom is -0.362 e. The van der Waals surface area contributed by atoms with E-state index in [0.717, 1.165) is 43.5 Å². The minimum atomic E-state index is -2.97. The van der Waals surface area contributed by atoms with Gasteiger partial charge >= 0.3 is 7.60 Å². The number of hydrogen-bond acceptors (Lipinski definition) is 3. The molecule has 4 nitrogen and oxygen atoms in total. The van der Waals surface area contributed by atoms with Crippen molar-refractivity contribution in [3.05, 3.63) is 23.0 Å². The second-order valence-electron chi connectivity index (χ2n) is 5.56. The molecule has 0 aliphatic carbocycles. The molecule has 0 saturated heterocycles. The molecule has 0 amide bonds. The highest BCUT2D eigenvalue weighted by atomic mass is 31.2. The van der Waals surface area contributed by atoms with Gasteiger partial charge in [-0.2, -0.15) is 0 Å². The van der Waals surface area contributed by atoms with Crippen LogP contribution in [0.3, 0.4) is 0 Å². The monoisotopic (exact) mass is 315 g/mol. The largest absolute Gasteiger partial charge is 0.362 e. The van der Waals surface area contributed by atoms with Gasteiger partial charge in [0.1, 0.15) is 0 Å². The zero-order valence-corrected chi connectivity index (χ0v) is 14.8. The van der Waals surface area contributed by atoms with Gasteiger partial charge in [-0.25, -0.2) is 0 Å². The Bertz CT molecular complexity index is 442. The SMILES string of the molecule is CCCCOP(=O)(CCc1cc(C)[nH]c1C)OCCCC. The number of aromatic nitrogens is 1. The molecule has 1 rings (SSSR count). The number of aryl methyl sites for hydroxylation is 3. The Morgan fingerprint density at radius 2 is 1.67 bits per heavy atom. The molecule has 0 aliphatic heterocycles. The fraction of sp³-hybridized carbons (Fsp3) is 0.750. The van der Waals surface area contributed by atoms with Gasteiger partial charge in [-0.05, 0) is 44.7 Å². The topological polar surface area (TPSA) is 51.3 Å². The van der Waals surface area contributed by atoms with Crippen LogP contribution < -0.4 is 0 Å². The van der Waals surface area contributed by atoms with Crippen LogP contribution in [0.15, 0.2) is 6.07 Å². The zero-order valence-electron chi connectivity index (χ0n) is 13.9. The lowest BCUT2D eigenvalue weighted by atomic mass is 10.2. The van der Waals surface area contributed by atoms with Crippen molar-refractivity contribution in [1.82, 2.24) is 4.98 Å². The molecule has 0 aliphatic rings. The number of aromatic amines is 1. The summed E-state index contributed by atoms with van der Waals surface area (Å²) in [7, 11) is -2.97. The summed E-state index contributed by atoms with van der Waals surface area (Å²) in [6, 6.07) is 2.11. The maximum absolute atomic E-state index is 12.8. The van der Waals surface area contributed by atoms with E-state index >= 15 is 0 Å². The van der Waals surface area contributed by atoms with Gasteiger partial charge in [0.2, 0.25) is 0 Å². The molecule has 1 aromatic heterocycles. The summed E-state index contributed by atoms with van der Waals surface area (Å²) in [6.07, 6.45) is 5.09. The molecular formula is C16H30NO3P. The van der Waals surface area contributed by atoms with Crippen LogP contribution in [0.1, 0.15) is 56.5 Å². The Labute approximate surface area is 129 Å². The predicted molar refractivity (Wildman–Crippen MR) is 88.2 cm³/mol. The molecule has 21 heavy (non-hydrogen) atoms. The predicted octanol–water partition coefficient (Wildman–Crippen LogP) is 5.00. The maximum Gasteiger partial charge on any atom is 0.331 e. The molecule has 0 saturated carbocycles. The second-order valence-corrected chi connectivity index (χ2v) is 7.75. The Balaban J connectivity index is 2.58. The van der Waals surface area contributed by atoms with E-state index in [9.17, 15) is 4.57 Å². The fourth-order valence-corrected chi connectivity index (χ4v) is 3.82. The van der Waals surface area contributed by atoms with Crippen molar-refractivity contribution in [1.29, 1.82) is 0 Å². The number of rotatable bonds is 11. The van der Waals surface area contributed by atoms with Crippen LogP contribution in [0, 0.1) is 13.8 Å². The lowest BCUT2D eigenvalue weighted by molar-refractivity contribution is 0.200. The van der Waals surface area contributed by atoms with Crippen molar-refractivity contribution >= 4 is 7.60 Å². The summed E-state index contributed by atoms with van der Waals surface area (Å²) in [5.74, 6) is 0. The summed E-state index contributed by atoms with van der Waals surface area (Å²) >= 11 is 0. The van der Waals surface area contributed by atoms with Crippen molar-refractivity contribution < 1.29 is 13.6 Å². The normalized spacial score (nSPS) is 12.0. The van der Waals surface area contributed by atoms with E-state index < -0.39 is 7.60 Å². The summed E-state index contributed by atoms with van der Waals surface area (Å²) in [4.78, 5) is 3.28. The van der Waals surface area contributed by atoms with E-state index in [0.29, 0.717) is 19.4 Å². The Morgan fingerprint density at radius 3 is 2.10 bits per heavy atom. The van der Waals surface area contributed by atoms with Crippen molar-refractivity contribution in [3.8, 4) is 0 Å². The van der Waals surface area contributed by atoms with Gasteiger partial charge in [-0.1, -0.05) is 26.7 Å². The fourth-order valence-electron chi connectivity index (χ4n) is 2.16. The van der Waals surface area contributed by atoms with Crippen molar-refractivity contribution in [2.75, 3.05) is 19.4 Å². The number of nitrogens with one attached hydrogen (secondary N) is 1. The van der Waals surface area contributed by atoms with Crippen molar-refractivity contribution in [2.24, 2.45) is 0 Å². The molecule has 0 fully saturated rings. The van der Waals surface area contributed by atoms with Crippen LogP contribution in [0.5, 0.6) is 0 Å². The third-order valence-corrected chi connectivity index (χ3v) is 5.41. The molecular weight excluding hydrogens is 285 g/mol. The van der Waals surface area contributed by atoms with E-state index in [1.165, 1.54) is 5.56 Å². The molecule has 0 radical (unpaired) electrons. The third-order valence-electron chi connectivity index (χ3n) is 3.48. The average molecular weight is 315 g/mol. The van der Waals surface area contributed by atoms with Gasteiger partial charge < -0.3 is 14.0 Å². The number of unbranched alkanes of at least 4 members (excludes halogenated alkanes) is 2. The lowest BCUT2D eigenvalue weighted by Crippen LogP contribution is -2.05. The first-order valence-corrected chi connectivity index (χ1v) is 9.76. The quantitative estimate of drug-likeness (QED) is 0.462. The maximum atomic E-state index is 12.8. The molecule has 0 unspecified atom stereocenters. The molecule has 0 bridgehead atoms. The van der Waals surface area contributed by atoms with E-state index in [1.54, 1.807) is 0 Å². The molecule has 0 aromatic carbocycles. The highest BCUT2D eigenvalue weighted by molar-refractivity contribution is 7.53. The second kappa shape index (κ2) is 9.45.